The Morgan fingerprint density at radius 3 is 3.00 bits per heavy atom. The highest BCUT2D eigenvalue weighted by atomic mass is 16.5. The van der Waals surface area contributed by atoms with Crippen LogP contribution in [0.15, 0.2) is 39.5 Å². The number of para-hydroxylation sites is 1. The molecule has 1 aliphatic rings. The lowest BCUT2D eigenvalue weighted by Crippen LogP contribution is -2.53. The minimum atomic E-state index is -0.624. The van der Waals surface area contributed by atoms with Gasteiger partial charge in [-0.25, -0.2) is 4.79 Å². The maximum absolute atomic E-state index is 12.4. The second-order valence-electron chi connectivity index (χ2n) is 5.91. The molecule has 0 aliphatic carbocycles. The van der Waals surface area contributed by atoms with Gasteiger partial charge in [-0.2, -0.15) is 0 Å². The first-order valence-corrected chi connectivity index (χ1v) is 7.69. The highest BCUT2D eigenvalue weighted by Gasteiger charge is 2.34. The molecule has 0 saturated carbocycles. The van der Waals surface area contributed by atoms with Crippen LogP contribution < -0.4 is 16.3 Å². The van der Waals surface area contributed by atoms with Crippen molar-refractivity contribution in [2.24, 2.45) is 0 Å². The Hall–Kier alpha value is -2.18. The molecule has 2 aromatic rings. The fourth-order valence-corrected chi connectivity index (χ4v) is 3.04. The van der Waals surface area contributed by atoms with Crippen LogP contribution in [0, 0.1) is 0 Å². The number of carbonyl (C=O) groups excluding carboxylic acids is 1. The van der Waals surface area contributed by atoms with Gasteiger partial charge in [0, 0.05) is 19.0 Å². The molecule has 1 saturated heterocycles. The first-order valence-electron chi connectivity index (χ1n) is 7.69. The molecule has 1 amide bonds. The molecule has 2 N–H and O–H groups in total. The van der Waals surface area contributed by atoms with Gasteiger partial charge < -0.3 is 19.8 Å². The molecule has 2 heterocycles. The van der Waals surface area contributed by atoms with Crippen molar-refractivity contribution in [1.82, 2.24) is 10.6 Å². The molecule has 23 heavy (non-hydrogen) atoms. The molecule has 3 rings (SSSR count). The summed E-state index contributed by atoms with van der Waals surface area (Å²) in [5.41, 5.74) is -0.389. The number of amides is 1. The average molecular weight is 316 g/mol. The van der Waals surface area contributed by atoms with E-state index in [-0.39, 0.29) is 11.1 Å². The molecule has 1 aliphatic heterocycles. The number of hydrogen-bond acceptors (Lipinski definition) is 5. The topological polar surface area (TPSA) is 80.6 Å². The maximum Gasteiger partial charge on any atom is 0.349 e. The van der Waals surface area contributed by atoms with E-state index in [0.29, 0.717) is 18.7 Å². The maximum atomic E-state index is 12.4. The predicted octanol–water partition coefficient (Wildman–Crippen LogP) is 1.29. The molecule has 6 nitrogen and oxygen atoms in total. The summed E-state index contributed by atoms with van der Waals surface area (Å²) in [5.74, 6) is -0.423. The molecule has 1 fully saturated rings. The van der Waals surface area contributed by atoms with E-state index in [4.69, 9.17) is 9.15 Å². The van der Waals surface area contributed by atoms with Gasteiger partial charge in [-0.3, -0.25) is 4.79 Å². The number of carbonyl (C=O) groups is 1. The third-order valence-corrected chi connectivity index (χ3v) is 4.23. The van der Waals surface area contributed by atoms with Gasteiger partial charge in [0.15, 0.2) is 0 Å². The summed E-state index contributed by atoms with van der Waals surface area (Å²) in [6, 6.07) is 8.70. The molecule has 6 heteroatoms. The highest BCUT2D eigenvalue weighted by Crippen LogP contribution is 2.19. The Kier molecular flexibility index (Phi) is 4.45. The van der Waals surface area contributed by atoms with Crippen molar-refractivity contribution >= 4 is 16.9 Å². The standard InChI is InChI=1S/C17H20N2O4/c1-22-11-17(7-4-8-19-17)10-18-15(20)13-9-12-5-2-3-6-14(12)23-16(13)21/h2-3,5-6,9,19H,4,7-8,10-11H2,1H3,(H,18,20). The van der Waals surface area contributed by atoms with Crippen LogP contribution in [0.2, 0.25) is 0 Å². The lowest BCUT2D eigenvalue weighted by atomic mass is 9.98. The van der Waals surface area contributed by atoms with E-state index in [1.807, 2.05) is 6.07 Å². The smallest absolute Gasteiger partial charge is 0.349 e. The lowest BCUT2D eigenvalue weighted by molar-refractivity contribution is 0.0889. The zero-order valence-corrected chi connectivity index (χ0v) is 13.1. The summed E-state index contributed by atoms with van der Waals surface area (Å²) in [4.78, 5) is 24.4. The summed E-state index contributed by atoms with van der Waals surface area (Å²) in [5, 5.41) is 6.94. The highest BCUT2D eigenvalue weighted by molar-refractivity contribution is 5.96. The Morgan fingerprint density at radius 2 is 2.26 bits per heavy atom. The minimum Gasteiger partial charge on any atom is -0.422 e. The molecule has 122 valence electrons. The largest absolute Gasteiger partial charge is 0.422 e. The van der Waals surface area contributed by atoms with Crippen molar-refractivity contribution < 1.29 is 13.9 Å². The zero-order valence-electron chi connectivity index (χ0n) is 13.1. The molecule has 1 unspecified atom stereocenters. The zero-order chi connectivity index (χ0) is 16.3. The number of methoxy groups -OCH3 is 1. The van der Waals surface area contributed by atoms with Gasteiger partial charge in [-0.15, -0.1) is 0 Å². The van der Waals surface area contributed by atoms with Gasteiger partial charge in [-0.05, 0) is 31.5 Å². The van der Waals surface area contributed by atoms with Crippen LogP contribution in [-0.2, 0) is 4.74 Å². The molecule has 0 spiro atoms. The third kappa shape index (κ3) is 3.28. The van der Waals surface area contributed by atoms with E-state index < -0.39 is 11.5 Å². The normalized spacial score (nSPS) is 20.7. The molecular weight excluding hydrogens is 296 g/mol. The third-order valence-electron chi connectivity index (χ3n) is 4.23. The number of ether oxygens (including phenoxy) is 1. The molecule has 0 radical (unpaired) electrons. The van der Waals surface area contributed by atoms with Gasteiger partial charge in [0.2, 0.25) is 0 Å². The van der Waals surface area contributed by atoms with Crippen LogP contribution >= 0.6 is 0 Å². The van der Waals surface area contributed by atoms with Crippen LogP contribution in [0.25, 0.3) is 11.0 Å². The van der Waals surface area contributed by atoms with Gasteiger partial charge >= 0.3 is 5.63 Å². The predicted molar refractivity (Wildman–Crippen MR) is 86.7 cm³/mol. The quantitative estimate of drug-likeness (QED) is 0.813. The van der Waals surface area contributed by atoms with Crippen molar-refractivity contribution in [3.63, 3.8) is 0 Å². The average Bonchev–Trinajstić information content (AvgIpc) is 3.01. The summed E-state index contributed by atoms with van der Waals surface area (Å²) >= 11 is 0. The van der Waals surface area contributed by atoms with Crippen LogP contribution in [0.4, 0.5) is 0 Å². The fraction of sp³-hybridized carbons (Fsp3) is 0.412. The number of fused-ring (bicyclic) bond motifs is 1. The van der Waals surface area contributed by atoms with Crippen molar-refractivity contribution in [3.8, 4) is 0 Å². The molecule has 1 aromatic carbocycles. The summed E-state index contributed by atoms with van der Waals surface area (Å²) in [6.45, 7) is 1.82. The van der Waals surface area contributed by atoms with Crippen LogP contribution in [0.1, 0.15) is 23.2 Å². The van der Waals surface area contributed by atoms with Gasteiger partial charge in [0.25, 0.3) is 5.91 Å². The number of hydrogen-bond donors (Lipinski definition) is 2. The van der Waals surface area contributed by atoms with Gasteiger partial charge in [0.05, 0.1) is 12.1 Å². The Bertz CT molecular complexity index is 763. The Morgan fingerprint density at radius 1 is 1.43 bits per heavy atom. The molecule has 1 aromatic heterocycles. The fourth-order valence-electron chi connectivity index (χ4n) is 3.04. The second-order valence-corrected chi connectivity index (χ2v) is 5.91. The SMILES string of the molecule is COCC1(CNC(=O)c2cc3ccccc3oc2=O)CCCN1. The number of nitrogens with one attached hydrogen (secondary N) is 2. The summed E-state index contributed by atoms with van der Waals surface area (Å²) < 4.78 is 10.5. The Balaban J connectivity index is 1.78. The van der Waals surface area contributed by atoms with E-state index >= 15 is 0 Å². The summed E-state index contributed by atoms with van der Waals surface area (Å²) in [7, 11) is 1.64. The summed E-state index contributed by atoms with van der Waals surface area (Å²) in [6.07, 6.45) is 1.96. The Labute approximate surface area is 133 Å². The van der Waals surface area contributed by atoms with E-state index in [1.54, 1.807) is 31.4 Å². The van der Waals surface area contributed by atoms with Crippen molar-refractivity contribution in [1.29, 1.82) is 0 Å². The molecule has 1 atom stereocenters. The van der Waals surface area contributed by atoms with Crippen LogP contribution in [0.3, 0.4) is 0 Å². The van der Waals surface area contributed by atoms with Gasteiger partial charge in [0.1, 0.15) is 11.1 Å². The lowest BCUT2D eigenvalue weighted by Gasteiger charge is -2.28. The van der Waals surface area contributed by atoms with Crippen LogP contribution in [-0.4, -0.2) is 38.3 Å². The second kappa shape index (κ2) is 6.52. The molecule has 0 bridgehead atoms. The molecular formula is C17H20N2O4. The minimum absolute atomic E-state index is 0.0225. The van der Waals surface area contributed by atoms with Crippen molar-refractivity contribution in [2.45, 2.75) is 18.4 Å². The monoisotopic (exact) mass is 316 g/mol. The number of benzene rings is 1. The van der Waals surface area contributed by atoms with E-state index in [0.717, 1.165) is 24.8 Å². The van der Waals surface area contributed by atoms with E-state index in [1.165, 1.54) is 0 Å². The first-order chi connectivity index (χ1) is 11.1. The first kappa shape index (κ1) is 15.7. The van der Waals surface area contributed by atoms with Gasteiger partial charge in [-0.1, -0.05) is 18.2 Å². The van der Waals surface area contributed by atoms with Crippen molar-refractivity contribution in [3.05, 3.63) is 46.3 Å². The van der Waals surface area contributed by atoms with Crippen molar-refractivity contribution in [2.75, 3.05) is 26.8 Å². The number of rotatable bonds is 5. The van der Waals surface area contributed by atoms with Crippen LogP contribution in [0.5, 0.6) is 0 Å². The van der Waals surface area contributed by atoms with E-state index in [9.17, 15) is 9.59 Å². The van der Waals surface area contributed by atoms with E-state index in [2.05, 4.69) is 10.6 Å².